The van der Waals surface area contributed by atoms with Crippen molar-refractivity contribution in [1.29, 1.82) is 0 Å². The van der Waals surface area contributed by atoms with Gasteiger partial charge in [0.1, 0.15) is 0 Å². The van der Waals surface area contributed by atoms with Crippen molar-refractivity contribution in [2.45, 2.75) is 38.6 Å². The van der Waals surface area contributed by atoms with Crippen LogP contribution in [-0.4, -0.2) is 20.2 Å². The van der Waals surface area contributed by atoms with Gasteiger partial charge in [0.15, 0.2) is 11.6 Å². The molecule has 0 heterocycles. The van der Waals surface area contributed by atoms with Gasteiger partial charge in [0, 0.05) is 6.04 Å². The molecular formula is C14H22FNO. The molecular weight excluding hydrogens is 217 g/mol. The number of benzene rings is 1. The average molecular weight is 239 g/mol. The minimum Gasteiger partial charge on any atom is -0.494 e. The summed E-state index contributed by atoms with van der Waals surface area (Å²) in [7, 11) is 3.46. The van der Waals surface area contributed by atoms with E-state index in [2.05, 4.69) is 12.2 Å². The largest absolute Gasteiger partial charge is 0.494 e. The first-order valence-corrected chi connectivity index (χ1v) is 6.21. The highest BCUT2D eigenvalue weighted by molar-refractivity contribution is 5.31. The zero-order valence-corrected chi connectivity index (χ0v) is 10.9. The molecule has 0 saturated heterocycles. The molecule has 17 heavy (non-hydrogen) atoms. The summed E-state index contributed by atoms with van der Waals surface area (Å²) in [5.74, 6) is 0.111. The summed E-state index contributed by atoms with van der Waals surface area (Å²) in [5.41, 5.74) is 0.737. The van der Waals surface area contributed by atoms with Gasteiger partial charge in [0.25, 0.3) is 0 Å². The Hall–Kier alpha value is -1.09. The van der Waals surface area contributed by atoms with E-state index in [4.69, 9.17) is 4.74 Å². The maximum absolute atomic E-state index is 13.9. The first kappa shape index (κ1) is 14.0. The number of methoxy groups -OCH3 is 1. The van der Waals surface area contributed by atoms with Crippen LogP contribution in [0, 0.1) is 5.82 Å². The van der Waals surface area contributed by atoms with Crippen LogP contribution in [0.5, 0.6) is 5.75 Å². The van der Waals surface area contributed by atoms with Crippen molar-refractivity contribution in [2.75, 3.05) is 14.2 Å². The van der Waals surface area contributed by atoms with E-state index in [1.165, 1.54) is 7.11 Å². The molecule has 0 saturated carbocycles. The highest BCUT2D eigenvalue weighted by Gasteiger charge is 2.10. The molecule has 1 atom stereocenters. The van der Waals surface area contributed by atoms with Crippen molar-refractivity contribution in [3.63, 3.8) is 0 Å². The van der Waals surface area contributed by atoms with Gasteiger partial charge in [0.2, 0.25) is 0 Å². The zero-order valence-electron chi connectivity index (χ0n) is 10.9. The molecule has 0 aliphatic rings. The fourth-order valence-electron chi connectivity index (χ4n) is 2.02. The second kappa shape index (κ2) is 7.28. The first-order chi connectivity index (χ1) is 8.22. The number of hydrogen-bond acceptors (Lipinski definition) is 2. The Kier molecular flexibility index (Phi) is 5.98. The smallest absolute Gasteiger partial charge is 0.168 e. The minimum atomic E-state index is -0.221. The summed E-state index contributed by atoms with van der Waals surface area (Å²) in [4.78, 5) is 0. The van der Waals surface area contributed by atoms with Gasteiger partial charge < -0.3 is 10.1 Å². The standard InChI is InChI=1S/C14H22FNO/c1-4-6-12(16-2)10-9-11-7-5-8-13(17-3)14(11)15/h5,7-8,12,16H,4,6,9-10H2,1-3H3. The monoisotopic (exact) mass is 239 g/mol. The zero-order chi connectivity index (χ0) is 12.7. The molecule has 3 heteroatoms. The van der Waals surface area contributed by atoms with E-state index in [9.17, 15) is 4.39 Å². The summed E-state index contributed by atoms with van der Waals surface area (Å²) >= 11 is 0. The highest BCUT2D eigenvalue weighted by Crippen LogP contribution is 2.21. The summed E-state index contributed by atoms with van der Waals surface area (Å²) in [5, 5.41) is 3.27. The van der Waals surface area contributed by atoms with Crippen LogP contribution < -0.4 is 10.1 Å². The van der Waals surface area contributed by atoms with Gasteiger partial charge in [-0.1, -0.05) is 25.5 Å². The van der Waals surface area contributed by atoms with Crippen LogP contribution in [0.1, 0.15) is 31.7 Å². The van der Waals surface area contributed by atoms with Gasteiger partial charge in [0.05, 0.1) is 7.11 Å². The number of hydrogen-bond donors (Lipinski definition) is 1. The molecule has 0 amide bonds. The van der Waals surface area contributed by atoms with Crippen molar-refractivity contribution in [1.82, 2.24) is 5.32 Å². The molecule has 0 aliphatic heterocycles. The lowest BCUT2D eigenvalue weighted by Crippen LogP contribution is -2.25. The van der Waals surface area contributed by atoms with Gasteiger partial charge in [-0.2, -0.15) is 0 Å². The van der Waals surface area contributed by atoms with Gasteiger partial charge in [-0.25, -0.2) is 4.39 Å². The van der Waals surface area contributed by atoms with E-state index in [1.807, 2.05) is 19.2 Å². The molecule has 2 nitrogen and oxygen atoms in total. The van der Waals surface area contributed by atoms with Crippen LogP contribution >= 0.6 is 0 Å². The second-order valence-electron chi connectivity index (χ2n) is 4.25. The van der Waals surface area contributed by atoms with Gasteiger partial charge in [-0.3, -0.25) is 0 Å². The predicted molar refractivity (Wildman–Crippen MR) is 69.0 cm³/mol. The van der Waals surface area contributed by atoms with Crippen LogP contribution in [0.15, 0.2) is 18.2 Å². The molecule has 1 rings (SSSR count). The van der Waals surface area contributed by atoms with Gasteiger partial charge in [-0.15, -0.1) is 0 Å². The molecule has 1 N–H and O–H groups in total. The number of rotatable bonds is 7. The van der Waals surface area contributed by atoms with E-state index >= 15 is 0 Å². The third-order valence-corrected chi connectivity index (χ3v) is 3.07. The van der Waals surface area contributed by atoms with Crippen LogP contribution in [0.3, 0.4) is 0 Å². The fraction of sp³-hybridized carbons (Fsp3) is 0.571. The summed E-state index contributed by atoms with van der Waals surface area (Å²) in [6, 6.07) is 5.79. The fourth-order valence-corrected chi connectivity index (χ4v) is 2.02. The second-order valence-corrected chi connectivity index (χ2v) is 4.25. The molecule has 0 bridgehead atoms. The highest BCUT2D eigenvalue weighted by atomic mass is 19.1. The normalized spacial score (nSPS) is 12.5. The average Bonchev–Trinajstić information content (AvgIpc) is 2.36. The van der Waals surface area contributed by atoms with Crippen LogP contribution in [0.2, 0.25) is 0 Å². The topological polar surface area (TPSA) is 21.3 Å². The lowest BCUT2D eigenvalue weighted by molar-refractivity contribution is 0.383. The Bertz CT molecular complexity index is 341. The summed E-state index contributed by atoms with van der Waals surface area (Å²) in [6.45, 7) is 2.16. The van der Waals surface area contributed by atoms with E-state index < -0.39 is 0 Å². The van der Waals surface area contributed by atoms with Crippen molar-refractivity contribution in [3.8, 4) is 5.75 Å². The van der Waals surface area contributed by atoms with E-state index in [0.717, 1.165) is 31.2 Å². The van der Waals surface area contributed by atoms with E-state index in [0.29, 0.717) is 11.8 Å². The van der Waals surface area contributed by atoms with Crippen molar-refractivity contribution in [3.05, 3.63) is 29.6 Å². The van der Waals surface area contributed by atoms with Crippen LogP contribution in [0.4, 0.5) is 4.39 Å². The molecule has 0 spiro atoms. The third kappa shape index (κ3) is 4.00. The molecule has 0 fully saturated rings. The molecule has 0 aromatic heterocycles. The molecule has 1 unspecified atom stereocenters. The quantitative estimate of drug-likeness (QED) is 0.789. The lowest BCUT2D eigenvalue weighted by Gasteiger charge is -2.15. The molecule has 0 aliphatic carbocycles. The number of ether oxygens (including phenoxy) is 1. The lowest BCUT2D eigenvalue weighted by atomic mass is 10.0. The summed E-state index contributed by atoms with van der Waals surface area (Å²) in [6.07, 6.45) is 3.97. The Morgan fingerprint density at radius 3 is 2.71 bits per heavy atom. The molecule has 96 valence electrons. The number of halogens is 1. The first-order valence-electron chi connectivity index (χ1n) is 6.21. The molecule has 0 radical (unpaired) electrons. The predicted octanol–water partition coefficient (Wildman–Crippen LogP) is 3.16. The molecule has 1 aromatic carbocycles. The summed E-state index contributed by atoms with van der Waals surface area (Å²) < 4.78 is 18.8. The van der Waals surface area contributed by atoms with Gasteiger partial charge in [-0.05, 0) is 37.9 Å². The third-order valence-electron chi connectivity index (χ3n) is 3.07. The Balaban J connectivity index is 2.62. The molecule has 1 aromatic rings. The number of nitrogens with one attached hydrogen (secondary N) is 1. The number of aryl methyl sites for hydroxylation is 1. The Morgan fingerprint density at radius 2 is 2.12 bits per heavy atom. The van der Waals surface area contributed by atoms with Crippen LogP contribution in [0.25, 0.3) is 0 Å². The van der Waals surface area contributed by atoms with Crippen molar-refractivity contribution < 1.29 is 9.13 Å². The minimum absolute atomic E-state index is 0.221. The van der Waals surface area contributed by atoms with Crippen molar-refractivity contribution >= 4 is 0 Å². The van der Waals surface area contributed by atoms with E-state index in [1.54, 1.807) is 6.07 Å². The van der Waals surface area contributed by atoms with E-state index in [-0.39, 0.29) is 5.82 Å². The SMILES string of the molecule is CCCC(CCc1cccc(OC)c1F)NC. The Labute approximate surface area is 103 Å². The van der Waals surface area contributed by atoms with Crippen LogP contribution in [-0.2, 0) is 6.42 Å². The maximum Gasteiger partial charge on any atom is 0.168 e. The Morgan fingerprint density at radius 1 is 1.35 bits per heavy atom. The maximum atomic E-state index is 13.9. The van der Waals surface area contributed by atoms with Crippen molar-refractivity contribution in [2.24, 2.45) is 0 Å². The van der Waals surface area contributed by atoms with Gasteiger partial charge >= 0.3 is 0 Å².